The summed E-state index contributed by atoms with van der Waals surface area (Å²) >= 11 is 3.21. The zero-order chi connectivity index (χ0) is 10.6. The molecule has 0 amide bonds. The molecule has 0 bridgehead atoms. The number of nitrogens with one attached hydrogen (secondary N) is 1. The molecule has 0 aliphatic rings. The summed E-state index contributed by atoms with van der Waals surface area (Å²) in [6.45, 7) is 4.28. The Labute approximate surface area is 91.5 Å². The van der Waals surface area contributed by atoms with Gasteiger partial charge in [-0.15, -0.1) is 0 Å². The zero-order valence-electron chi connectivity index (χ0n) is 8.18. The fraction of sp³-hybridized carbons (Fsp3) is 0.400. The van der Waals surface area contributed by atoms with Crippen molar-refractivity contribution in [3.8, 4) is 0 Å². The van der Waals surface area contributed by atoms with Gasteiger partial charge in [0.25, 0.3) is 0 Å². The van der Waals surface area contributed by atoms with E-state index >= 15 is 0 Å². The molecule has 4 heteroatoms. The first-order chi connectivity index (χ1) is 6.65. The van der Waals surface area contributed by atoms with Gasteiger partial charge in [0.2, 0.25) is 0 Å². The van der Waals surface area contributed by atoms with E-state index in [1.165, 1.54) is 6.07 Å². The average Bonchev–Trinajstić information content (AvgIpc) is 2.14. The summed E-state index contributed by atoms with van der Waals surface area (Å²) in [6, 6.07) is 4.83. The van der Waals surface area contributed by atoms with Gasteiger partial charge in [0.05, 0.1) is 12.6 Å². The van der Waals surface area contributed by atoms with Crippen LogP contribution in [0.5, 0.6) is 0 Å². The van der Waals surface area contributed by atoms with E-state index in [9.17, 15) is 4.39 Å². The number of hydrogen-bond donors (Lipinski definition) is 1. The summed E-state index contributed by atoms with van der Waals surface area (Å²) < 4.78 is 14.1. The Morgan fingerprint density at radius 3 is 2.86 bits per heavy atom. The van der Waals surface area contributed by atoms with Crippen LogP contribution >= 0.6 is 15.9 Å². The third-order valence-electron chi connectivity index (χ3n) is 1.83. The molecule has 1 aromatic rings. The molecular weight excluding hydrogens is 249 g/mol. The molecule has 0 spiro atoms. The maximum absolute atomic E-state index is 13.4. The van der Waals surface area contributed by atoms with Gasteiger partial charge >= 0.3 is 0 Å². The van der Waals surface area contributed by atoms with Crippen molar-refractivity contribution in [3.63, 3.8) is 0 Å². The highest BCUT2D eigenvalue weighted by atomic mass is 79.9. The zero-order valence-corrected chi connectivity index (χ0v) is 9.77. The van der Waals surface area contributed by atoms with Crippen LogP contribution in [0.15, 0.2) is 22.7 Å². The van der Waals surface area contributed by atoms with Crippen molar-refractivity contribution in [1.82, 2.24) is 5.48 Å². The van der Waals surface area contributed by atoms with Crippen molar-refractivity contribution in [2.75, 3.05) is 6.61 Å². The first-order valence-corrected chi connectivity index (χ1v) is 5.26. The molecule has 1 N–H and O–H groups in total. The van der Waals surface area contributed by atoms with Gasteiger partial charge in [-0.1, -0.05) is 22.0 Å². The van der Waals surface area contributed by atoms with Gasteiger partial charge in [-0.25, -0.2) is 4.39 Å². The molecule has 0 aromatic heterocycles. The van der Waals surface area contributed by atoms with Crippen molar-refractivity contribution in [2.45, 2.75) is 19.9 Å². The SMILES string of the molecule is CCONC(C)c1ccc(Br)cc1F. The van der Waals surface area contributed by atoms with Gasteiger partial charge in [0.1, 0.15) is 5.82 Å². The maximum atomic E-state index is 13.4. The predicted molar refractivity (Wildman–Crippen MR) is 57.3 cm³/mol. The molecule has 2 nitrogen and oxygen atoms in total. The van der Waals surface area contributed by atoms with Crippen LogP contribution in [-0.4, -0.2) is 6.61 Å². The molecule has 0 aliphatic carbocycles. The molecule has 0 saturated heterocycles. The second kappa shape index (κ2) is 5.44. The number of rotatable bonds is 4. The summed E-state index contributed by atoms with van der Waals surface area (Å²) in [4.78, 5) is 5.01. The summed E-state index contributed by atoms with van der Waals surface area (Å²) in [5, 5.41) is 0. The largest absolute Gasteiger partial charge is 0.302 e. The summed E-state index contributed by atoms with van der Waals surface area (Å²) in [5.74, 6) is -0.237. The Morgan fingerprint density at radius 1 is 1.57 bits per heavy atom. The quantitative estimate of drug-likeness (QED) is 0.841. The van der Waals surface area contributed by atoms with E-state index in [1.54, 1.807) is 6.07 Å². The predicted octanol–water partition coefficient (Wildman–Crippen LogP) is 3.19. The third kappa shape index (κ3) is 3.04. The Kier molecular flexibility index (Phi) is 4.51. The van der Waals surface area contributed by atoms with Crippen LogP contribution in [0, 0.1) is 5.82 Å². The van der Waals surface area contributed by atoms with Crippen LogP contribution in [0.25, 0.3) is 0 Å². The van der Waals surface area contributed by atoms with E-state index in [1.807, 2.05) is 19.9 Å². The fourth-order valence-corrected chi connectivity index (χ4v) is 1.46. The van der Waals surface area contributed by atoms with Crippen LogP contribution in [0.2, 0.25) is 0 Å². The molecule has 1 aromatic carbocycles. The maximum Gasteiger partial charge on any atom is 0.129 e. The Hall–Kier alpha value is -0.450. The van der Waals surface area contributed by atoms with Crippen LogP contribution in [-0.2, 0) is 4.84 Å². The Balaban J connectivity index is 2.74. The highest BCUT2D eigenvalue weighted by molar-refractivity contribution is 9.10. The molecule has 0 aliphatic heterocycles. The summed E-state index contributed by atoms with van der Waals surface area (Å²) in [7, 11) is 0. The van der Waals surface area contributed by atoms with E-state index in [2.05, 4.69) is 21.4 Å². The minimum absolute atomic E-state index is 0.150. The topological polar surface area (TPSA) is 21.3 Å². The molecule has 1 rings (SSSR count). The van der Waals surface area contributed by atoms with Gasteiger partial charge in [-0.2, -0.15) is 5.48 Å². The van der Waals surface area contributed by atoms with E-state index < -0.39 is 0 Å². The number of benzene rings is 1. The number of hydroxylamine groups is 1. The lowest BCUT2D eigenvalue weighted by Crippen LogP contribution is -2.19. The van der Waals surface area contributed by atoms with E-state index in [0.29, 0.717) is 12.2 Å². The number of halogens is 2. The second-order valence-electron chi connectivity index (χ2n) is 2.94. The average molecular weight is 262 g/mol. The minimum Gasteiger partial charge on any atom is -0.302 e. The number of hydrogen-bond acceptors (Lipinski definition) is 2. The first kappa shape index (κ1) is 11.6. The van der Waals surface area contributed by atoms with E-state index in [-0.39, 0.29) is 11.9 Å². The fourth-order valence-electron chi connectivity index (χ4n) is 1.12. The van der Waals surface area contributed by atoms with Gasteiger partial charge in [-0.3, -0.25) is 0 Å². The van der Waals surface area contributed by atoms with Crippen molar-refractivity contribution < 1.29 is 9.23 Å². The van der Waals surface area contributed by atoms with Gasteiger partial charge < -0.3 is 4.84 Å². The molecule has 0 saturated carbocycles. The lowest BCUT2D eigenvalue weighted by atomic mass is 10.1. The third-order valence-corrected chi connectivity index (χ3v) is 2.33. The van der Waals surface area contributed by atoms with Gasteiger partial charge in [0, 0.05) is 10.0 Å². The molecule has 1 unspecified atom stereocenters. The van der Waals surface area contributed by atoms with Crippen molar-refractivity contribution in [2.24, 2.45) is 0 Å². The molecule has 0 radical (unpaired) electrons. The smallest absolute Gasteiger partial charge is 0.129 e. The van der Waals surface area contributed by atoms with E-state index in [0.717, 1.165) is 4.47 Å². The van der Waals surface area contributed by atoms with Crippen LogP contribution in [0.4, 0.5) is 4.39 Å². The molecule has 78 valence electrons. The second-order valence-corrected chi connectivity index (χ2v) is 3.85. The lowest BCUT2D eigenvalue weighted by Gasteiger charge is -2.14. The highest BCUT2D eigenvalue weighted by Crippen LogP contribution is 2.20. The van der Waals surface area contributed by atoms with E-state index in [4.69, 9.17) is 4.84 Å². The van der Waals surface area contributed by atoms with Crippen molar-refractivity contribution in [3.05, 3.63) is 34.1 Å². The standard InChI is InChI=1S/C10H13BrFNO/c1-3-14-13-7(2)9-5-4-8(11)6-10(9)12/h4-7,13H,3H2,1-2H3. The van der Waals surface area contributed by atoms with Crippen LogP contribution < -0.4 is 5.48 Å². The van der Waals surface area contributed by atoms with Gasteiger partial charge in [-0.05, 0) is 26.0 Å². The van der Waals surface area contributed by atoms with Crippen LogP contribution in [0.3, 0.4) is 0 Å². The Morgan fingerprint density at radius 2 is 2.29 bits per heavy atom. The van der Waals surface area contributed by atoms with Crippen LogP contribution in [0.1, 0.15) is 25.5 Å². The lowest BCUT2D eigenvalue weighted by molar-refractivity contribution is 0.0277. The molecule has 0 heterocycles. The highest BCUT2D eigenvalue weighted by Gasteiger charge is 2.10. The summed E-state index contributed by atoms with van der Waals surface area (Å²) in [6.07, 6.45) is 0. The molecule has 1 atom stereocenters. The molecule has 14 heavy (non-hydrogen) atoms. The summed E-state index contributed by atoms with van der Waals surface area (Å²) in [5.41, 5.74) is 3.35. The van der Waals surface area contributed by atoms with Crippen molar-refractivity contribution in [1.29, 1.82) is 0 Å². The van der Waals surface area contributed by atoms with Gasteiger partial charge in [0.15, 0.2) is 0 Å². The Bertz CT molecular complexity index is 306. The monoisotopic (exact) mass is 261 g/mol. The normalized spacial score (nSPS) is 12.9. The first-order valence-electron chi connectivity index (χ1n) is 4.47. The minimum atomic E-state index is -0.237. The van der Waals surface area contributed by atoms with Crippen molar-refractivity contribution >= 4 is 15.9 Å². The molecular formula is C10H13BrFNO. The molecule has 0 fully saturated rings.